The SMILES string of the molecule is Cl.O=C(CC1COCCN1)N1CCc2ccc(O)cc2C1. The number of nitrogens with zero attached hydrogens (tertiary/aromatic N) is 1. The molecule has 0 bridgehead atoms. The quantitative estimate of drug-likeness (QED) is 0.858. The van der Waals surface area contributed by atoms with E-state index in [4.69, 9.17) is 4.74 Å². The number of amides is 1. The second kappa shape index (κ2) is 7.11. The minimum atomic E-state index is 0. The van der Waals surface area contributed by atoms with E-state index in [-0.39, 0.29) is 30.1 Å². The fourth-order valence-electron chi connectivity index (χ4n) is 2.85. The lowest BCUT2D eigenvalue weighted by Crippen LogP contribution is -2.46. The lowest BCUT2D eigenvalue weighted by molar-refractivity contribution is -0.133. The first-order valence-electron chi connectivity index (χ1n) is 7.12. The first-order valence-corrected chi connectivity index (χ1v) is 7.12. The Balaban J connectivity index is 0.00000161. The van der Waals surface area contributed by atoms with Crippen LogP contribution in [-0.4, -0.2) is 48.3 Å². The molecule has 1 aromatic carbocycles. The molecule has 2 heterocycles. The number of phenols is 1. The van der Waals surface area contributed by atoms with Crippen LogP contribution in [0.1, 0.15) is 17.5 Å². The van der Waals surface area contributed by atoms with E-state index in [9.17, 15) is 9.90 Å². The van der Waals surface area contributed by atoms with E-state index >= 15 is 0 Å². The second-order valence-electron chi connectivity index (χ2n) is 5.45. The summed E-state index contributed by atoms with van der Waals surface area (Å²) in [5.74, 6) is 0.419. The van der Waals surface area contributed by atoms with Crippen molar-refractivity contribution >= 4 is 18.3 Å². The van der Waals surface area contributed by atoms with Crippen molar-refractivity contribution in [3.8, 4) is 5.75 Å². The molecule has 0 saturated carbocycles. The number of rotatable bonds is 2. The monoisotopic (exact) mass is 312 g/mol. The Labute approximate surface area is 130 Å². The number of halogens is 1. The van der Waals surface area contributed by atoms with Crippen LogP contribution < -0.4 is 5.32 Å². The molecule has 0 spiro atoms. The van der Waals surface area contributed by atoms with E-state index in [1.54, 1.807) is 12.1 Å². The molecule has 0 aromatic heterocycles. The average Bonchev–Trinajstić information content (AvgIpc) is 2.47. The maximum Gasteiger partial charge on any atom is 0.224 e. The van der Waals surface area contributed by atoms with E-state index < -0.39 is 0 Å². The van der Waals surface area contributed by atoms with Crippen molar-refractivity contribution in [1.82, 2.24) is 10.2 Å². The number of aromatic hydroxyl groups is 1. The summed E-state index contributed by atoms with van der Waals surface area (Å²) in [4.78, 5) is 14.2. The Morgan fingerprint density at radius 1 is 1.43 bits per heavy atom. The Morgan fingerprint density at radius 3 is 3.05 bits per heavy atom. The zero-order chi connectivity index (χ0) is 13.9. The zero-order valence-electron chi connectivity index (χ0n) is 11.9. The van der Waals surface area contributed by atoms with E-state index in [1.807, 2.05) is 11.0 Å². The van der Waals surface area contributed by atoms with Crippen molar-refractivity contribution in [3.05, 3.63) is 29.3 Å². The molecular weight excluding hydrogens is 292 g/mol. The molecule has 5 nitrogen and oxygen atoms in total. The van der Waals surface area contributed by atoms with Crippen molar-refractivity contribution in [2.75, 3.05) is 26.3 Å². The van der Waals surface area contributed by atoms with Crippen LogP contribution in [0, 0.1) is 0 Å². The number of ether oxygens (including phenoxy) is 1. The smallest absolute Gasteiger partial charge is 0.224 e. The molecule has 116 valence electrons. The van der Waals surface area contributed by atoms with Crippen LogP contribution in [0.4, 0.5) is 0 Å². The number of carbonyl (C=O) groups is 1. The van der Waals surface area contributed by atoms with Crippen molar-refractivity contribution in [1.29, 1.82) is 0 Å². The summed E-state index contributed by atoms with van der Waals surface area (Å²) < 4.78 is 5.38. The van der Waals surface area contributed by atoms with Gasteiger partial charge in [-0.3, -0.25) is 4.79 Å². The molecule has 0 aliphatic carbocycles. The van der Waals surface area contributed by atoms with E-state index in [1.165, 1.54) is 5.56 Å². The Kier molecular flexibility index (Phi) is 5.45. The number of phenolic OH excluding ortho intramolecular Hbond substituents is 1. The summed E-state index contributed by atoms with van der Waals surface area (Å²) in [5, 5.41) is 12.8. The molecule has 1 fully saturated rings. The molecule has 2 aliphatic heterocycles. The minimum Gasteiger partial charge on any atom is -0.508 e. The maximum absolute atomic E-state index is 12.3. The Bertz CT molecular complexity index is 504. The summed E-state index contributed by atoms with van der Waals surface area (Å²) in [6.45, 7) is 3.49. The van der Waals surface area contributed by atoms with Gasteiger partial charge in [0.05, 0.1) is 13.2 Å². The van der Waals surface area contributed by atoms with Gasteiger partial charge in [0.15, 0.2) is 0 Å². The lowest BCUT2D eigenvalue weighted by atomic mass is 9.99. The van der Waals surface area contributed by atoms with Gasteiger partial charge in [-0.1, -0.05) is 6.07 Å². The highest BCUT2D eigenvalue weighted by Crippen LogP contribution is 2.23. The van der Waals surface area contributed by atoms with Crippen LogP contribution in [0.5, 0.6) is 5.75 Å². The molecule has 1 atom stereocenters. The minimum absolute atomic E-state index is 0. The molecule has 2 N–H and O–H groups in total. The Hall–Kier alpha value is -1.30. The van der Waals surface area contributed by atoms with Gasteiger partial charge >= 0.3 is 0 Å². The Morgan fingerprint density at radius 2 is 2.29 bits per heavy atom. The third-order valence-electron chi connectivity index (χ3n) is 3.97. The van der Waals surface area contributed by atoms with Gasteiger partial charge < -0.3 is 20.1 Å². The predicted octanol–water partition coefficient (Wildman–Crippen LogP) is 1.08. The molecule has 1 amide bonds. The van der Waals surface area contributed by atoms with Crippen molar-refractivity contribution in [2.24, 2.45) is 0 Å². The van der Waals surface area contributed by atoms with Gasteiger partial charge in [0, 0.05) is 32.1 Å². The number of nitrogens with one attached hydrogen (secondary N) is 1. The van der Waals surface area contributed by atoms with E-state index in [0.717, 1.165) is 31.7 Å². The molecule has 3 rings (SSSR count). The molecular formula is C15H21ClN2O3. The number of hydrogen-bond donors (Lipinski definition) is 2. The third kappa shape index (κ3) is 3.87. The lowest BCUT2D eigenvalue weighted by Gasteiger charge is -2.31. The predicted molar refractivity (Wildman–Crippen MR) is 81.7 cm³/mol. The highest BCUT2D eigenvalue weighted by molar-refractivity contribution is 5.85. The van der Waals surface area contributed by atoms with Crippen molar-refractivity contribution in [3.63, 3.8) is 0 Å². The van der Waals surface area contributed by atoms with E-state index in [2.05, 4.69) is 5.32 Å². The van der Waals surface area contributed by atoms with Crippen LogP contribution in [-0.2, 0) is 22.5 Å². The summed E-state index contributed by atoms with van der Waals surface area (Å²) in [6, 6.07) is 5.54. The van der Waals surface area contributed by atoms with Crippen LogP contribution in [0.2, 0.25) is 0 Å². The van der Waals surface area contributed by atoms with Crippen LogP contribution >= 0.6 is 12.4 Å². The molecule has 1 saturated heterocycles. The molecule has 6 heteroatoms. The molecule has 21 heavy (non-hydrogen) atoms. The molecule has 1 unspecified atom stereocenters. The number of morpholine rings is 1. The van der Waals surface area contributed by atoms with Crippen LogP contribution in [0.25, 0.3) is 0 Å². The average molecular weight is 313 g/mol. The van der Waals surface area contributed by atoms with Gasteiger partial charge in [0.2, 0.25) is 5.91 Å². The third-order valence-corrected chi connectivity index (χ3v) is 3.97. The fourth-order valence-corrected chi connectivity index (χ4v) is 2.85. The molecule has 1 aromatic rings. The zero-order valence-corrected chi connectivity index (χ0v) is 12.7. The normalized spacial score (nSPS) is 21.3. The topological polar surface area (TPSA) is 61.8 Å². The molecule has 0 radical (unpaired) electrons. The van der Waals surface area contributed by atoms with Gasteiger partial charge in [-0.25, -0.2) is 0 Å². The van der Waals surface area contributed by atoms with Crippen LogP contribution in [0.3, 0.4) is 0 Å². The number of hydrogen-bond acceptors (Lipinski definition) is 4. The summed E-state index contributed by atoms with van der Waals surface area (Å²) in [5.41, 5.74) is 2.28. The highest BCUT2D eigenvalue weighted by atomic mass is 35.5. The molecule has 2 aliphatic rings. The maximum atomic E-state index is 12.3. The van der Waals surface area contributed by atoms with Crippen LogP contribution in [0.15, 0.2) is 18.2 Å². The van der Waals surface area contributed by atoms with Crippen molar-refractivity contribution in [2.45, 2.75) is 25.4 Å². The summed E-state index contributed by atoms with van der Waals surface area (Å²) >= 11 is 0. The van der Waals surface area contributed by atoms with Gasteiger partial charge in [-0.15, -0.1) is 12.4 Å². The first kappa shape index (κ1) is 16.1. The summed E-state index contributed by atoms with van der Waals surface area (Å²) in [6.07, 6.45) is 1.34. The van der Waals surface area contributed by atoms with E-state index in [0.29, 0.717) is 19.6 Å². The highest BCUT2D eigenvalue weighted by Gasteiger charge is 2.24. The number of carbonyl (C=O) groups excluding carboxylic acids is 1. The van der Waals surface area contributed by atoms with Gasteiger partial charge in [0.1, 0.15) is 5.75 Å². The first-order chi connectivity index (χ1) is 9.72. The number of fused-ring (bicyclic) bond motifs is 1. The standard InChI is InChI=1S/C15H20N2O3.ClH/c18-14-2-1-11-3-5-17(9-12(11)7-14)15(19)8-13-10-20-6-4-16-13;/h1-2,7,13,16,18H,3-6,8-10H2;1H. The number of benzene rings is 1. The van der Waals surface area contributed by atoms with Crippen molar-refractivity contribution < 1.29 is 14.6 Å². The summed E-state index contributed by atoms with van der Waals surface area (Å²) in [7, 11) is 0. The van der Waals surface area contributed by atoms with Gasteiger partial charge in [0.25, 0.3) is 0 Å². The van der Waals surface area contributed by atoms with Gasteiger partial charge in [-0.05, 0) is 29.7 Å². The largest absolute Gasteiger partial charge is 0.508 e. The second-order valence-corrected chi connectivity index (χ2v) is 5.45. The van der Waals surface area contributed by atoms with Gasteiger partial charge in [-0.2, -0.15) is 0 Å². The fraction of sp³-hybridized carbons (Fsp3) is 0.533.